The van der Waals surface area contributed by atoms with Gasteiger partial charge < -0.3 is 10.2 Å². The van der Waals surface area contributed by atoms with Crippen molar-refractivity contribution in [3.8, 4) is 0 Å². The minimum Gasteiger partial charge on any atom is -0.354 e. The first-order valence-corrected chi connectivity index (χ1v) is 9.17. The Hall–Kier alpha value is -0.750. The maximum absolute atomic E-state index is 12.0. The second-order valence-electron chi connectivity index (χ2n) is 6.27. The van der Waals surface area contributed by atoms with Gasteiger partial charge >= 0.3 is 0 Å². The molecule has 2 aliphatic heterocycles. The van der Waals surface area contributed by atoms with E-state index in [2.05, 4.69) is 10.2 Å². The molecule has 0 radical (unpaired) electrons. The molecular weight excluding hydrogens is 286 g/mol. The molecule has 1 saturated carbocycles. The average molecular weight is 311 g/mol. The largest absolute Gasteiger partial charge is 0.354 e. The molecule has 0 aromatic heterocycles. The third-order valence-electron chi connectivity index (χ3n) is 4.68. The van der Waals surface area contributed by atoms with E-state index in [4.69, 9.17) is 0 Å². The molecule has 6 heteroatoms. The minimum atomic E-state index is 0.0843. The van der Waals surface area contributed by atoms with Crippen LogP contribution in [-0.2, 0) is 4.79 Å². The lowest BCUT2D eigenvalue weighted by Crippen LogP contribution is -2.47. The molecule has 118 valence electrons. The van der Waals surface area contributed by atoms with E-state index in [1.807, 2.05) is 0 Å². The van der Waals surface area contributed by atoms with Crippen molar-refractivity contribution in [3.05, 3.63) is 0 Å². The van der Waals surface area contributed by atoms with E-state index in [0.717, 1.165) is 24.9 Å². The van der Waals surface area contributed by atoms with Gasteiger partial charge in [-0.05, 0) is 32.2 Å². The van der Waals surface area contributed by atoms with Crippen LogP contribution in [0.5, 0.6) is 0 Å². The molecule has 2 amide bonds. The van der Waals surface area contributed by atoms with Crippen molar-refractivity contribution in [2.75, 3.05) is 31.9 Å². The van der Waals surface area contributed by atoms with E-state index in [-0.39, 0.29) is 11.1 Å². The number of carbonyl (C=O) groups excluding carboxylic acids is 2. The first kappa shape index (κ1) is 15.2. The van der Waals surface area contributed by atoms with Crippen molar-refractivity contribution >= 4 is 22.9 Å². The summed E-state index contributed by atoms with van der Waals surface area (Å²) in [4.78, 5) is 27.8. The summed E-state index contributed by atoms with van der Waals surface area (Å²) in [7, 11) is 0. The molecule has 2 heterocycles. The Kier molecular flexibility index (Phi) is 5.06. The first-order chi connectivity index (χ1) is 10.2. The molecule has 2 saturated heterocycles. The van der Waals surface area contributed by atoms with Gasteiger partial charge in [0.2, 0.25) is 5.91 Å². The number of thioether (sulfide) groups is 1. The standard InChI is InChI=1S/C15H25N3O2S/c19-14(6-8-17-9-10-21-15(17)20)16-11-13-3-1-2-7-18(13)12-4-5-12/h12-13H,1-11H2,(H,16,19)/t13-/m0/s1. The lowest BCUT2D eigenvalue weighted by Gasteiger charge is -2.36. The van der Waals surface area contributed by atoms with Gasteiger partial charge in [0.25, 0.3) is 5.24 Å². The van der Waals surface area contributed by atoms with E-state index >= 15 is 0 Å². The van der Waals surface area contributed by atoms with Crippen LogP contribution in [0.3, 0.4) is 0 Å². The van der Waals surface area contributed by atoms with Crippen molar-refractivity contribution in [1.82, 2.24) is 15.1 Å². The number of likely N-dealkylation sites (tertiary alicyclic amines) is 1. The molecular formula is C15H25N3O2S. The van der Waals surface area contributed by atoms with Gasteiger partial charge in [0.15, 0.2) is 0 Å². The fraction of sp³-hybridized carbons (Fsp3) is 0.867. The van der Waals surface area contributed by atoms with Crippen LogP contribution in [0.25, 0.3) is 0 Å². The lowest BCUT2D eigenvalue weighted by atomic mass is 10.0. The number of hydrogen-bond donors (Lipinski definition) is 1. The van der Waals surface area contributed by atoms with Crippen LogP contribution in [0, 0.1) is 0 Å². The fourth-order valence-corrected chi connectivity index (χ4v) is 4.17. The third kappa shape index (κ3) is 4.13. The predicted molar refractivity (Wildman–Crippen MR) is 84.4 cm³/mol. The Morgan fingerprint density at radius 1 is 1.24 bits per heavy atom. The molecule has 1 N–H and O–H groups in total. The topological polar surface area (TPSA) is 52.7 Å². The summed E-state index contributed by atoms with van der Waals surface area (Å²) in [5, 5.41) is 3.20. The molecule has 0 aromatic carbocycles. The van der Waals surface area contributed by atoms with Crippen LogP contribution in [0.4, 0.5) is 4.79 Å². The molecule has 0 aromatic rings. The number of nitrogens with zero attached hydrogens (tertiary/aromatic N) is 2. The van der Waals surface area contributed by atoms with Crippen LogP contribution in [-0.4, -0.2) is 65.0 Å². The van der Waals surface area contributed by atoms with Gasteiger partial charge in [-0.3, -0.25) is 14.5 Å². The SMILES string of the molecule is O=C(CCN1CCSC1=O)NC[C@@H]1CCCCN1C1CC1. The third-order valence-corrected chi connectivity index (χ3v) is 5.57. The Morgan fingerprint density at radius 2 is 2.10 bits per heavy atom. The summed E-state index contributed by atoms with van der Waals surface area (Å²) >= 11 is 1.35. The summed E-state index contributed by atoms with van der Waals surface area (Å²) in [5.41, 5.74) is 0. The van der Waals surface area contributed by atoms with Crippen molar-refractivity contribution in [1.29, 1.82) is 0 Å². The van der Waals surface area contributed by atoms with Crippen molar-refractivity contribution in [2.45, 2.75) is 50.6 Å². The Labute approximate surface area is 130 Å². The van der Waals surface area contributed by atoms with Gasteiger partial charge in [-0.2, -0.15) is 0 Å². The zero-order valence-electron chi connectivity index (χ0n) is 12.6. The van der Waals surface area contributed by atoms with Crippen LogP contribution in [0.2, 0.25) is 0 Å². The molecule has 3 aliphatic rings. The quantitative estimate of drug-likeness (QED) is 0.811. The lowest BCUT2D eigenvalue weighted by molar-refractivity contribution is -0.121. The predicted octanol–water partition coefficient (Wildman–Crippen LogP) is 1.68. The maximum Gasteiger partial charge on any atom is 0.281 e. The van der Waals surface area contributed by atoms with Crippen molar-refractivity contribution in [3.63, 3.8) is 0 Å². The maximum atomic E-state index is 12.0. The van der Waals surface area contributed by atoms with Crippen LogP contribution in [0.15, 0.2) is 0 Å². The van der Waals surface area contributed by atoms with Crippen LogP contribution >= 0.6 is 11.8 Å². The zero-order chi connectivity index (χ0) is 14.7. The van der Waals surface area contributed by atoms with E-state index in [9.17, 15) is 9.59 Å². The van der Waals surface area contributed by atoms with E-state index in [0.29, 0.717) is 19.0 Å². The van der Waals surface area contributed by atoms with E-state index in [1.54, 1.807) is 4.90 Å². The van der Waals surface area contributed by atoms with Crippen LogP contribution < -0.4 is 5.32 Å². The number of carbonyl (C=O) groups is 2. The number of amides is 2. The van der Waals surface area contributed by atoms with Gasteiger partial charge in [-0.25, -0.2) is 0 Å². The van der Waals surface area contributed by atoms with Crippen molar-refractivity contribution in [2.24, 2.45) is 0 Å². The highest BCUT2D eigenvalue weighted by molar-refractivity contribution is 8.13. The smallest absolute Gasteiger partial charge is 0.281 e. The minimum absolute atomic E-state index is 0.0843. The summed E-state index contributed by atoms with van der Waals surface area (Å²) in [6.45, 7) is 3.33. The molecule has 5 nitrogen and oxygen atoms in total. The van der Waals surface area contributed by atoms with Crippen LogP contribution in [0.1, 0.15) is 38.5 Å². The molecule has 3 fully saturated rings. The normalized spacial score (nSPS) is 27.1. The Morgan fingerprint density at radius 3 is 2.81 bits per heavy atom. The molecule has 0 bridgehead atoms. The van der Waals surface area contributed by atoms with Crippen molar-refractivity contribution < 1.29 is 9.59 Å². The molecule has 3 rings (SSSR count). The van der Waals surface area contributed by atoms with Gasteiger partial charge in [0.1, 0.15) is 0 Å². The zero-order valence-corrected chi connectivity index (χ0v) is 13.4. The summed E-state index contributed by atoms with van der Waals surface area (Å²) < 4.78 is 0. The second kappa shape index (κ2) is 7.01. The average Bonchev–Trinajstić information content (AvgIpc) is 3.26. The number of rotatable bonds is 6. The van der Waals surface area contributed by atoms with Gasteiger partial charge in [0.05, 0.1) is 0 Å². The highest BCUT2D eigenvalue weighted by Gasteiger charge is 2.35. The number of nitrogens with one attached hydrogen (secondary N) is 1. The number of hydrogen-bond acceptors (Lipinski definition) is 4. The highest BCUT2D eigenvalue weighted by atomic mass is 32.2. The monoisotopic (exact) mass is 311 g/mol. The molecule has 0 spiro atoms. The molecule has 0 unspecified atom stereocenters. The van der Waals surface area contributed by atoms with Gasteiger partial charge in [-0.1, -0.05) is 18.2 Å². The fourth-order valence-electron chi connectivity index (χ4n) is 3.31. The van der Waals surface area contributed by atoms with E-state index < -0.39 is 0 Å². The molecule has 1 atom stereocenters. The Balaban J connectivity index is 1.37. The highest BCUT2D eigenvalue weighted by Crippen LogP contribution is 2.32. The summed E-state index contributed by atoms with van der Waals surface area (Å²) in [6.07, 6.45) is 6.89. The molecule has 1 aliphatic carbocycles. The summed E-state index contributed by atoms with van der Waals surface area (Å²) in [6, 6.07) is 1.31. The molecule has 21 heavy (non-hydrogen) atoms. The summed E-state index contributed by atoms with van der Waals surface area (Å²) in [5.74, 6) is 0.944. The first-order valence-electron chi connectivity index (χ1n) is 8.18. The second-order valence-corrected chi connectivity index (χ2v) is 7.32. The van der Waals surface area contributed by atoms with E-state index in [1.165, 1.54) is 50.4 Å². The van der Waals surface area contributed by atoms with Gasteiger partial charge in [-0.15, -0.1) is 0 Å². The van der Waals surface area contributed by atoms with Gasteiger partial charge in [0, 0.05) is 43.9 Å². The Bertz CT molecular complexity index is 400. The number of piperidine rings is 1.